The lowest BCUT2D eigenvalue weighted by molar-refractivity contribution is -0.119. The highest BCUT2D eigenvalue weighted by Gasteiger charge is 2.21. The number of methoxy groups -OCH3 is 1. The van der Waals surface area contributed by atoms with Crippen molar-refractivity contribution in [2.75, 3.05) is 19.0 Å². The lowest BCUT2D eigenvalue weighted by Gasteiger charge is -2.09. The fourth-order valence-electron chi connectivity index (χ4n) is 2.90. The number of rotatable bonds is 6. The largest absolute Gasteiger partial charge is 0.497 e. The fourth-order valence-corrected chi connectivity index (χ4v) is 3.71. The van der Waals surface area contributed by atoms with E-state index in [-0.39, 0.29) is 16.3 Å². The number of carbonyl (C=O) groups excluding carboxylic acids is 2. The van der Waals surface area contributed by atoms with Gasteiger partial charge in [0.15, 0.2) is 6.61 Å². The van der Waals surface area contributed by atoms with Crippen molar-refractivity contribution in [3.05, 3.63) is 53.3 Å². The maximum atomic E-state index is 12.4. The van der Waals surface area contributed by atoms with Crippen molar-refractivity contribution in [2.45, 2.75) is 18.7 Å². The topological polar surface area (TPSA) is 138 Å². The number of hydrogen-bond donors (Lipinski definition) is 2. The van der Waals surface area contributed by atoms with E-state index in [1.165, 1.54) is 25.3 Å². The molecule has 10 heteroatoms. The zero-order valence-electron chi connectivity index (χ0n) is 16.5. The van der Waals surface area contributed by atoms with E-state index >= 15 is 0 Å². The summed E-state index contributed by atoms with van der Waals surface area (Å²) in [6, 6.07) is 9.36. The first-order valence-electron chi connectivity index (χ1n) is 8.77. The van der Waals surface area contributed by atoms with Crippen molar-refractivity contribution in [3.8, 4) is 5.75 Å². The quantitative estimate of drug-likeness (QED) is 0.571. The smallest absolute Gasteiger partial charge is 0.375 e. The van der Waals surface area contributed by atoms with Gasteiger partial charge in [-0.15, -0.1) is 0 Å². The Bertz CT molecular complexity index is 1250. The number of sulfonamides is 1. The highest BCUT2D eigenvalue weighted by molar-refractivity contribution is 7.89. The molecule has 0 aliphatic heterocycles. The summed E-state index contributed by atoms with van der Waals surface area (Å²) in [4.78, 5) is 24.4. The number of furan rings is 1. The molecule has 1 heterocycles. The molecule has 3 N–H and O–H groups in total. The van der Waals surface area contributed by atoms with Crippen LogP contribution in [0.25, 0.3) is 11.0 Å². The molecule has 0 saturated heterocycles. The van der Waals surface area contributed by atoms with Crippen LogP contribution in [0.3, 0.4) is 0 Å². The van der Waals surface area contributed by atoms with E-state index in [0.717, 1.165) is 0 Å². The number of nitrogens with two attached hydrogens (primary N) is 1. The van der Waals surface area contributed by atoms with Crippen molar-refractivity contribution in [3.63, 3.8) is 0 Å². The summed E-state index contributed by atoms with van der Waals surface area (Å²) in [6.07, 6.45) is 0. The van der Waals surface area contributed by atoms with Gasteiger partial charge < -0.3 is 19.2 Å². The van der Waals surface area contributed by atoms with Crippen LogP contribution in [0, 0.1) is 13.8 Å². The van der Waals surface area contributed by atoms with E-state index in [1.54, 1.807) is 32.0 Å². The number of carbonyl (C=O) groups is 2. The first-order valence-corrected chi connectivity index (χ1v) is 10.3. The maximum Gasteiger partial charge on any atom is 0.375 e. The van der Waals surface area contributed by atoms with Gasteiger partial charge in [-0.25, -0.2) is 18.4 Å². The number of aryl methyl sites for hydroxylation is 2. The fraction of sp³-hybridized carbons (Fsp3) is 0.200. The molecule has 1 amide bonds. The van der Waals surface area contributed by atoms with Gasteiger partial charge in [0.05, 0.1) is 12.0 Å². The predicted molar refractivity (Wildman–Crippen MR) is 109 cm³/mol. The predicted octanol–water partition coefficient (Wildman–Crippen LogP) is 2.50. The minimum atomic E-state index is -3.93. The van der Waals surface area contributed by atoms with Crippen molar-refractivity contribution in [2.24, 2.45) is 5.14 Å². The van der Waals surface area contributed by atoms with Gasteiger partial charge in [0.25, 0.3) is 5.91 Å². The van der Waals surface area contributed by atoms with Gasteiger partial charge in [-0.05, 0) is 49.7 Å². The van der Waals surface area contributed by atoms with Crippen LogP contribution < -0.4 is 15.2 Å². The van der Waals surface area contributed by atoms with E-state index in [4.69, 9.17) is 19.0 Å². The van der Waals surface area contributed by atoms with Gasteiger partial charge in [0, 0.05) is 16.6 Å². The number of esters is 1. The molecule has 0 saturated carbocycles. The molecule has 0 atom stereocenters. The van der Waals surface area contributed by atoms with Gasteiger partial charge in [-0.3, -0.25) is 4.79 Å². The van der Waals surface area contributed by atoms with Gasteiger partial charge >= 0.3 is 5.97 Å². The van der Waals surface area contributed by atoms with Crippen molar-refractivity contribution in [1.29, 1.82) is 0 Å². The number of primary sulfonamides is 1. The standard InChI is InChI=1S/C20H20N2O7S/c1-11-4-5-13(8-17(11)30(21,25)26)22-18(23)10-28-20(24)19-12(2)15-9-14(27-3)6-7-16(15)29-19/h4-9H,10H2,1-3H3,(H,22,23)(H2,21,25,26). The summed E-state index contributed by atoms with van der Waals surface area (Å²) in [6.45, 7) is 2.69. The average molecular weight is 432 g/mol. The third-order valence-corrected chi connectivity index (χ3v) is 5.49. The van der Waals surface area contributed by atoms with Gasteiger partial charge in [0.2, 0.25) is 15.8 Å². The van der Waals surface area contributed by atoms with E-state index in [2.05, 4.69) is 5.32 Å². The van der Waals surface area contributed by atoms with Crippen LogP contribution in [-0.4, -0.2) is 34.0 Å². The molecule has 0 aliphatic rings. The number of hydrogen-bond acceptors (Lipinski definition) is 7. The Morgan fingerprint density at radius 2 is 1.87 bits per heavy atom. The molecule has 2 aromatic carbocycles. The summed E-state index contributed by atoms with van der Waals surface area (Å²) in [7, 11) is -2.40. The molecule has 0 unspecified atom stereocenters. The van der Waals surface area contributed by atoms with Crippen LogP contribution in [0.2, 0.25) is 0 Å². The van der Waals surface area contributed by atoms with Crippen LogP contribution in [-0.2, 0) is 19.6 Å². The second kappa shape index (κ2) is 8.17. The number of ether oxygens (including phenoxy) is 2. The Morgan fingerprint density at radius 1 is 1.13 bits per heavy atom. The minimum Gasteiger partial charge on any atom is -0.497 e. The van der Waals surface area contributed by atoms with Crippen LogP contribution in [0.15, 0.2) is 45.7 Å². The van der Waals surface area contributed by atoms with Crippen molar-refractivity contribution >= 4 is 38.6 Å². The second-order valence-corrected chi connectivity index (χ2v) is 8.10. The molecule has 9 nitrogen and oxygen atoms in total. The number of amides is 1. The van der Waals surface area contributed by atoms with Gasteiger partial charge in [-0.1, -0.05) is 6.07 Å². The monoisotopic (exact) mass is 432 g/mol. The lowest BCUT2D eigenvalue weighted by atomic mass is 10.1. The number of benzene rings is 2. The summed E-state index contributed by atoms with van der Waals surface area (Å²) in [5.41, 5.74) is 1.70. The second-order valence-electron chi connectivity index (χ2n) is 6.57. The minimum absolute atomic E-state index is 0.0158. The first-order chi connectivity index (χ1) is 14.1. The Balaban J connectivity index is 1.69. The Hall–Kier alpha value is -3.37. The Kier molecular flexibility index (Phi) is 5.81. The van der Waals surface area contributed by atoms with Crippen LogP contribution in [0.4, 0.5) is 5.69 Å². The summed E-state index contributed by atoms with van der Waals surface area (Å²) < 4.78 is 38.9. The molecule has 0 radical (unpaired) electrons. The summed E-state index contributed by atoms with van der Waals surface area (Å²) in [5, 5.41) is 8.31. The zero-order chi connectivity index (χ0) is 22.1. The molecule has 3 rings (SSSR count). The maximum absolute atomic E-state index is 12.4. The van der Waals surface area contributed by atoms with Crippen LogP contribution >= 0.6 is 0 Å². The van der Waals surface area contributed by atoms with E-state index in [9.17, 15) is 18.0 Å². The molecule has 0 bridgehead atoms. The van der Waals surface area contributed by atoms with Crippen molar-refractivity contribution in [1.82, 2.24) is 0 Å². The molecule has 0 spiro atoms. The van der Waals surface area contributed by atoms with Crippen molar-refractivity contribution < 1.29 is 31.9 Å². The van der Waals surface area contributed by atoms with E-state index in [1.807, 2.05) is 0 Å². The highest BCUT2D eigenvalue weighted by Crippen LogP contribution is 2.29. The SMILES string of the molecule is COc1ccc2oc(C(=O)OCC(=O)Nc3ccc(C)c(S(N)(=O)=O)c3)c(C)c2c1. The molecule has 3 aromatic rings. The normalized spacial score (nSPS) is 11.3. The molecule has 0 fully saturated rings. The zero-order valence-corrected chi connectivity index (χ0v) is 17.3. The molecule has 30 heavy (non-hydrogen) atoms. The summed E-state index contributed by atoms with van der Waals surface area (Å²) >= 11 is 0. The van der Waals surface area contributed by atoms with Gasteiger partial charge in [0.1, 0.15) is 11.3 Å². The Labute approximate surface area is 172 Å². The van der Waals surface area contributed by atoms with Crippen LogP contribution in [0.1, 0.15) is 21.7 Å². The Morgan fingerprint density at radius 3 is 2.53 bits per heavy atom. The highest BCUT2D eigenvalue weighted by atomic mass is 32.2. The number of nitrogens with one attached hydrogen (secondary N) is 1. The molecule has 1 aromatic heterocycles. The first kappa shape index (κ1) is 21.3. The van der Waals surface area contributed by atoms with E-state index in [0.29, 0.717) is 27.8 Å². The molecular formula is C20H20N2O7S. The third kappa shape index (κ3) is 4.44. The lowest BCUT2D eigenvalue weighted by Crippen LogP contribution is -2.21. The molecule has 158 valence electrons. The average Bonchev–Trinajstić information content (AvgIpc) is 3.02. The summed E-state index contributed by atoms with van der Waals surface area (Å²) in [5.74, 6) is -0.851. The number of fused-ring (bicyclic) bond motifs is 1. The molecular weight excluding hydrogens is 412 g/mol. The van der Waals surface area contributed by atoms with E-state index < -0.39 is 28.5 Å². The third-order valence-electron chi connectivity index (χ3n) is 4.44. The van der Waals surface area contributed by atoms with Gasteiger partial charge in [-0.2, -0.15) is 0 Å². The molecule has 0 aliphatic carbocycles. The van der Waals surface area contributed by atoms with Crippen LogP contribution in [0.5, 0.6) is 5.75 Å². The number of anilines is 1.